The maximum absolute atomic E-state index is 11.5. The molecular weight excluding hydrogens is 292 g/mol. The predicted octanol–water partition coefficient (Wildman–Crippen LogP) is 1.88. The van der Waals surface area contributed by atoms with Gasteiger partial charge >= 0.3 is 5.97 Å². The van der Waals surface area contributed by atoms with Gasteiger partial charge in [-0.25, -0.2) is 0 Å². The van der Waals surface area contributed by atoms with Crippen molar-refractivity contribution in [2.75, 3.05) is 31.6 Å². The summed E-state index contributed by atoms with van der Waals surface area (Å²) in [6.45, 7) is 6.20. The van der Waals surface area contributed by atoms with Gasteiger partial charge in [0, 0.05) is 12.6 Å². The number of nitrogens with one attached hydrogen (secondary N) is 1. The van der Waals surface area contributed by atoms with Gasteiger partial charge in [-0.05, 0) is 44.9 Å². The lowest BCUT2D eigenvalue weighted by Gasteiger charge is -2.32. The van der Waals surface area contributed by atoms with E-state index in [0.29, 0.717) is 18.3 Å². The molecule has 0 unspecified atom stereocenters. The smallest absolute Gasteiger partial charge is 0.320 e. The molecule has 0 aliphatic carbocycles. The van der Waals surface area contributed by atoms with Gasteiger partial charge in [-0.1, -0.05) is 11.6 Å². The number of piperidine rings is 1. The number of esters is 1. The summed E-state index contributed by atoms with van der Waals surface area (Å²) in [6, 6.07) is 2.14. The van der Waals surface area contributed by atoms with E-state index >= 15 is 0 Å². The maximum atomic E-state index is 11.5. The van der Waals surface area contributed by atoms with Gasteiger partial charge in [0.25, 0.3) is 0 Å². The summed E-state index contributed by atoms with van der Waals surface area (Å²) < 4.78 is 4.99. The topological polar surface area (TPSA) is 67.3 Å². The number of carbonyl (C=O) groups excluding carboxylic acids is 1. The zero-order valence-electron chi connectivity index (χ0n) is 12.4. The zero-order valence-corrected chi connectivity index (χ0v) is 13.2. The number of ether oxygens (including phenoxy) is 1. The van der Waals surface area contributed by atoms with Crippen LogP contribution in [0.15, 0.2) is 6.07 Å². The van der Waals surface area contributed by atoms with E-state index in [9.17, 15) is 4.79 Å². The number of aryl methyl sites for hydroxylation is 1. The minimum absolute atomic E-state index is 0.166. The fraction of sp³-hybridized carbons (Fsp3) is 0.643. The minimum Gasteiger partial charge on any atom is -0.465 e. The first kappa shape index (κ1) is 16.0. The summed E-state index contributed by atoms with van der Waals surface area (Å²) in [7, 11) is 0. The SMILES string of the molecule is CCOC(=O)CN1CCC[C@@H](Nc2cc(C)c(Cl)nn2)C1. The first-order valence-electron chi connectivity index (χ1n) is 7.22. The summed E-state index contributed by atoms with van der Waals surface area (Å²) in [6.07, 6.45) is 2.08. The lowest BCUT2D eigenvalue weighted by atomic mass is 10.1. The molecule has 1 N–H and O–H groups in total. The van der Waals surface area contributed by atoms with Crippen LogP contribution in [0.25, 0.3) is 0 Å². The number of aromatic nitrogens is 2. The van der Waals surface area contributed by atoms with Crippen molar-refractivity contribution in [3.05, 3.63) is 16.8 Å². The molecule has 0 spiro atoms. The molecule has 1 atom stereocenters. The molecule has 0 bridgehead atoms. The molecule has 1 saturated heterocycles. The molecular formula is C14H21ClN4O2. The minimum atomic E-state index is -0.166. The highest BCUT2D eigenvalue weighted by Crippen LogP contribution is 2.17. The van der Waals surface area contributed by atoms with E-state index in [1.54, 1.807) is 0 Å². The van der Waals surface area contributed by atoms with E-state index in [2.05, 4.69) is 20.4 Å². The Bertz CT molecular complexity index is 498. The van der Waals surface area contributed by atoms with Gasteiger partial charge in [-0.3, -0.25) is 9.69 Å². The third-order valence-electron chi connectivity index (χ3n) is 3.44. The number of likely N-dealkylation sites (tertiary alicyclic amines) is 1. The van der Waals surface area contributed by atoms with E-state index in [0.717, 1.165) is 37.3 Å². The fourth-order valence-corrected chi connectivity index (χ4v) is 2.55. The molecule has 6 nitrogen and oxygen atoms in total. The molecule has 0 radical (unpaired) electrons. The van der Waals surface area contributed by atoms with Crippen LogP contribution in [-0.2, 0) is 9.53 Å². The van der Waals surface area contributed by atoms with Crippen LogP contribution in [0.5, 0.6) is 0 Å². The van der Waals surface area contributed by atoms with Crippen LogP contribution in [0.3, 0.4) is 0 Å². The van der Waals surface area contributed by atoms with E-state index in [-0.39, 0.29) is 12.0 Å². The molecule has 1 aromatic heterocycles. The quantitative estimate of drug-likeness (QED) is 0.837. The Hall–Kier alpha value is -1.40. The van der Waals surface area contributed by atoms with Crippen molar-refractivity contribution >= 4 is 23.4 Å². The van der Waals surface area contributed by atoms with Crippen molar-refractivity contribution in [2.45, 2.75) is 32.7 Å². The Morgan fingerprint density at radius 1 is 1.57 bits per heavy atom. The molecule has 7 heteroatoms. The van der Waals surface area contributed by atoms with Gasteiger partial charge in [-0.15, -0.1) is 10.2 Å². The number of nitrogens with zero attached hydrogens (tertiary/aromatic N) is 3. The fourth-order valence-electron chi connectivity index (χ4n) is 2.46. The van der Waals surface area contributed by atoms with Crippen LogP contribution in [0.4, 0.5) is 5.82 Å². The molecule has 2 heterocycles. The van der Waals surface area contributed by atoms with Crippen LogP contribution < -0.4 is 5.32 Å². The van der Waals surface area contributed by atoms with Crippen molar-refractivity contribution in [3.8, 4) is 0 Å². The van der Waals surface area contributed by atoms with Crippen molar-refractivity contribution in [3.63, 3.8) is 0 Å². The standard InChI is InChI=1S/C14H21ClN4O2/c1-3-21-13(20)9-19-6-4-5-11(8-19)16-12-7-10(2)14(15)18-17-12/h7,11H,3-6,8-9H2,1-2H3,(H,16,17)/t11-/m1/s1. The van der Waals surface area contributed by atoms with Gasteiger partial charge < -0.3 is 10.1 Å². The first-order chi connectivity index (χ1) is 10.1. The lowest BCUT2D eigenvalue weighted by molar-refractivity contribution is -0.144. The number of anilines is 1. The summed E-state index contributed by atoms with van der Waals surface area (Å²) in [5, 5.41) is 11.7. The van der Waals surface area contributed by atoms with Crippen molar-refractivity contribution < 1.29 is 9.53 Å². The van der Waals surface area contributed by atoms with Crippen LogP contribution in [-0.4, -0.2) is 53.3 Å². The number of hydrogen-bond donors (Lipinski definition) is 1. The van der Waals surface area contributed by atoms with E-state index in [4.69, 9.17) is 16.3 Å². The van der Waals surface area contributed by atoms with Crippen LogP contribution in [0.2, 0.25) is 5.15 Å². The Kier molecular flexibility index (Phi) is 5.76. The van der Waals surface area contributed by atoms with E-state index in [1.807, 2.05) is 19.9 Å². The van der Waals surface area contributed by atoms with E-state index < -0.39 is 0 Å². The van der Waals surface area contributed by atoms with Gasteiger partial charge in [-0.2, -0.15) is 0 Å². The molecule has 1 aliphatic rings. The molecule has 1 aromatic rings. The Balaban J connectivity index is 1.88. The van der Waals surface area contributed by atoms with Crippen LogP contribution in [0.1, 0.15) is 25.3 Å². The summed E-state index contributed by atoms with van der Waals surface area (Å²) in [5.74, 6) is 0.556. The second-order valence-electron chi connectivity index (χ2n) is 5.23. The van der Waals surface area contributed by atoms with Crippen molar-refractivity contribution in [2.24, 2.45) is 0 Å². The second-order valence-corrected chi connectivity index (χ2v) is 5.59. The summed E-state index contributed by atoms with van der Waals surface area (Å²) in [4.78, 5) is 13.6. The average Bonchev–Trinajstić information content (AvgIpc) is 2.43. The highest BCUT2D eigenvalue weighted by molar-refractivity contribution is 6.30. The molecule has 1 aliphatic heterocycles. The number of halogens is 1. The van der Waals surface area contributed by atoms with Crippen LogP contribution >= 0.6 is 11.6 Å². The zero-order chi connectivity index (χ0) is 15.2. The molecule has 0 amide bonds. The van der Waals surface area contributed by atoms with Crippen molar-refractivity contribution in [1.82, 2.24) is 15.1 Å². The lowest BCUT2D eigenvalue weighted by Crippen LogP contribution is -2.44. The molecule has 2 rings (SSSR count). The number of rotatable bonds is 5. The van der Waals surface area contributed by atoms with Gasteiger partial charge in [0.05, 0.1) is 13.2 Å². The summed E-state index contributed by atoms with van der Waals surface area (Å²) in [5.41, 5.74) is 0.897. The van der Waals surface area contributed by atoms with Crippen molar-refractivity contribution in [1.29, 1.82) is 0 Å². The first-order valence-corrected chi connectivity index (χ1v) is 7.60. The monoisotopic (exact) mass is 312 g/mol. The van der Waals surface area contributed by atoms with Crippen LogP contribution in [0, 0.1) is 6.92 Å². The largest absolute Gasteiger partial charge is 0.465 e. The molecule has 0 saturated carbocycles. The molecule has 1 fully saturated rings. The summed E-state index contributed by atoms with van der Waals surface area (Å²) >= 11 is 5.87. The van der Waals surface area contributed by atoms with Gasteiger partial charge in [0.2, 0.25) is 0 Å². The second kappa shape index (κ2) is 7.56. The highest BCUT2D eigenvalue weighted by atomic mass is 35.5. The highest BCUT2D eigenvalue weighted by Gasteiger charge is 2.22. The molecule has 21 heavy (non-hydrogen) atoms. The third kappa shape index (κ3) is 4.82. The predicted molar refractivity (Wildman–Crippen MR) is 81.5 cm³/mol. The Labute approximate surface area is 129 Å². The molecule has 0 aromatic carbocycles. The number of carbonyl (C=O) groups is 1. The maximum Gasteiger partial charge on any atom is 0.320 e. The van der Waals surface area contributed by atoms with Gasteiger partial charge in [0.1, 0.15) is 5.82 Å². The normalized spacial score (nSPS) is 19.3. The Morgan fingerprint density at radius 2 is 2.38 bits per heavy atom. The Morgan fingerprint density at radius 3 is 3.10 bits per heavy atom. The third-order valence-corrected chi connectivity index (χ3v) is 3.81. The average molecular weight is 313 g/mol. The number of hydrogen-bond acceptors (Lipinski definition) is 6. The van der Waals surface area contributed by atoms with Gasteiger partial charge in [0.15, 0.2) is 5.15 Å². The molecule has 116 valence electrons. The van der Waals surface area contributed by atoms with E-state index in [1.165, 1.54) is 0 Å².